The Labute approximate surface area is 178 Å². The summed E-state index contributed by atoms with van der Waals surface area (Å²) in [6.07, 6.45) is 0. The fourth-order valence-corrected chi connectivity index (χ4v) is 3.98. The van der Waals surface area contributed by atoms with Gasteiger partial charge in [-0.1, -0.05) is 6.07 Å². The number of methoxy groups -OCH3 is 1. The lowest BCUT2D eigenvalue weighted by molar-refractivity contribution is -0.118. The van der Waals surface area contributed by atoms with Gasteiger partial charge in [-0.15, -0.1) is 16.4 Å². The minimum atomic E-state index is -0.308. The number of ether oxygens (including phenoxy) is 2. The lowest BCUT2D eigenvalue weighted by atomic mass is 10.1. The molecule has 154 valence electrons. The first kappa shape index (κ1) is 19.9. The molecule has 0 bridgehead atoms. The number of aromatic nitrogens is 3. The van der Waals surface area contributed by atoms with Crippen LogP contribution in [0.5, 0.6) is 11.5 Å². The van der Waals surface area contributed by atoms with Gasteiger partial charge in [0.25, 0.3) is 11.9 Å². The predicted octanol–water partition coefficient (Wildman–Crippen LogP) is 4.41. The van der Waals surface area contributed by atoms with Gasteiger partial charge in [-0.25, -0.2) is 4.52 Å². The zero-order valence-corrected chi connectivity index (χ0v) is 18.0. The molecule has 0 fully saturated rings. The van der Waals surface area contributed by atoms with E-state index in [0.29, 0.717) is 10.7 Å². The van der Waals surface area contributed by atoms with Crippen LogP contribution in [0.1, 0.15) is 16.7 Å². The minimum Gasteiger partial charge on any atom is -0.497 e. The van der Waals surface area contributed by atoms with Gasteiger partial charge in [0.1, 0.15) is 11.5 Å². The highest BCUT2D eigenvalue weighted by Crippen LogP contribution is 2.27. The van der Waals surface area contributed by atoms with Gasteiger partial charge in [0.15, 0.2) is 6.61 Å². The van der Waals surface area contributed by atoms with Crippen LogP contribution in [0.4, 0.5) is 5.95 Å². The van der Waals surface area contributed by atoms with Crippen LogP contribution in [0, 0.1) is 20.8 Å². The first-order valence-corrected chi connectivity index (χ1v) is 10.3. The van der Waals surface area contributed by atoms with Gasteiger partial charge in [0, 0.05) is 10.9 Å². The smallest absolute Gasteiger partial charge is 0.264 e. The number of carbonyl (C=O) groups excluding carboxylic acids is 1. The molecule has 0 saturated carbocycles. The zero-order chi connectivity index (χ0) is 21.3. The highest BCUT2D eigenvalue weighted by atomic mass is 32.1. The maximum absolute atomic E-state index is 12.4. The number of carbonyl (C=O) groups is 1. The Morgan fingerprint density at radius 1 is 1.17 bits per heavy atom. The van der Waals surface area contributed by atoms with Crippen LogP contribution >= 0.6 is 11.3 Å². The molecular formula is C22H22N4O3S. The summed E-state index contributed by atoms with van der Waals surface area (Å²) in [5, 5.41) is 9.12. The Morgan fingerprint density at radius 3 is 2.67 bits per heavy atom. The van der Waals surface area contributed by atoms with Gasteiger partial charge in [0.05, 0.1) is 12.8 Å². The van der Waals surface area contributed by atoms with E-state index in [-0.39, 0.29) is 18.5 Å². The number of aryl methyl sites for hydroxylation is 2. The number of rotatable bonds is 6. The molecule has 1 amide bonds. The maximum atomic E-state index is 12.4. The average molecular weight is 423 g/mol. The zero-order valence-electron chi connectivity index (χ0n) is 17.2. The Balaban J connectivity index is 1.46. The molecule has 0 aliphatic heterocycles. The number of anilines is 1. The van der Waals surface area contributed by atoms with Crippen molar-refractivity contribution in [1.82, 2.24) is 14.6 Å². The second-order valence-corrected chi connectivity index (χ2v) is 7.86. The minimum absolute atomic E-state index is 0.109. The first-order valence-electron chi connectivity index (χ1n) is 9.44. The molecule has 0 spiro atoms. The molecule has 7 nitrogen and oxygen atoms in total. The SMILES string of the molecule is COc1ccc(-c2csc3nc(NC(=O)COc4cc(C)cc(C)c4C)nn23)cc1. The largest absolute Gasteiger partial charge is 0.497 e. The fraction of sp³-hybridized carbons (Fsp3) is 0.227. The fourth-order valence-electron chi connectivity index (χ4n) is 3.15. The quantitative estimate of drug-likeness (QED) is 0.498. The number of nitrogens with zero attached hydrogens (tertiary/aromatic N) is 3. The Bertz CT molecular complexity index is 1210. The summed E-state index contributed by atoms with van der Waals surface area (Å²) < 4.78 is 12.6. The van der Waals surface area contributed by atoms with Gasteiger partial charge in [0.2, 0.25) is 4.96 Å². The van der Waals surface area contributed by atoms with E-state index in [1.807, 2.05) is 56.5 Å². The van der Waals surface area contributed by atoms with Crippen molar-refractivity contribution in [1.29, 1.82) is 0 Å². The number of amides is 1. The highest BCUT2D eigenvalue weighted by Gasteiger charge is 2.14. The summed E-state index contributed by atoms with van der Waals surface area (Å²) in [6, 6.07) is 11.7. The van der Waals surface area contributed by atoms with Gasteiger partial charge in [-0.2, -0.15) is 4.98 Å². The van der Waals surface area contributed by atoms with E-state index in [1.165, 1.54) is 11.3 Å². The third-order valence-corrected chi connectivity index (χ3v) is 5.66. The third kappa shape index (κ3) is 3.99. The van der Waals surface area contributed by atoms with E-state index in [0.717, 1.165) is 33.7 Å². The van der Waals surface area contributed by atoms with Crippen LogP contribution in [0.3, 0.4) is 0 Å². The van der Waals surface area contributed by atoms with Crippen molar-refractivity contribution in [3.63, 3.8) is 0 Å². The van der Waals surface area contributed by atoms with Crippen LogP contribution < -0.4 is 14.8 Å². The van der Waals surface area contributed by atoms with E-state index in [4.69, 9.17) is 9.47 Å². The number of hydrogen-bond donors (Lipinski definition) is 1. The van der Waals surface area contributed by atoms with Gasteiger partial charge in [-0.3, -0.25) is 10.1 Å². The Hall–Kier alpha value is -3.39. The number of nitrogens with one attached hydrogen (secondary N) is 1. The Kier molecular flexibility index (Phi) is 5.41. The molecule has 0 aliphatic carbocycles. The molecular weight excluding hydrogens is 400 g/mol. The van der Waals surface area contributed by atoms with E-state index in [9.17, 15) is 4.79 Å². The lowest BCUT2D eigenvalue weighted by Crippen LogP contribution is -2.21. The molecule has 2 aromatic heterocycles. The van der Waals surface area contributed by atoms with Crippen molar-refractivity contribution < 1.29 is 14.3 Å². The molecule has 0 unspecified atom stereocenters. The standard InChI is InChI=1S/C22H22N4O3S/c1-13-9-14(2)15(3)19(10-13)29-11-20(27)23-21-24-22-26(25-21)18(12-30-22)16-5-7-17(28-4)8-6-16/h5-10,12H,11H2,1-4H3,(H,23,25,27). The number of hydrogen-bond acceptors (Lipinski definition) is 6. The van der Waals surface area contributed by atoms with E-state index in [1.54, 1.807) is 11.6 Å². The molecule has 0 aliphatic rings. The molecule has 0 atom stereocenters. The second kappa shape index (κ2) is 8.16. The summed E-state index contributed by atoms with van der Waals surface area (Å²) in [4.78, 5) is 17.4. The summed E-state index contributed by atoms with van der Waals surface area (Å²) >= 11 is 1.46. The van der Waals surface area contributed by atoms with E-state index >= 15 is 0 Å². The summed E-state index contributed by atoms with van der Waals surface area (Å²) in [7, 11) is 1.63. The second-order valence-electron chi connectivity index (χ2n) is 7.02. The summed E-state index contributed by atoms with van der Waals surface area (Å²) in [6.45, 7) is 5.90. The van der Waals surface area contributed by atoms with Crippen molar-refractivity contribution in [2.45, 2.75) is 20.8 Å². The number of fused-ring (bicyclic) bond motifs is 1. The van der Waals surface area contributed by atoms with Gasteiger partial charge >= 0.3 is 0 Å². The van der Waals surface area contributed by atoms with Crippen LogP contribution in [0.15, 0.2) is 41.8 Å². The highest BCUT2D eigenvalue weighted by molar-refractivity contribution is 7.15. The van der Waals surface area contributed by atoms with Crippen LogP contribution in [0.25, 0.3) is 16.2 Å². The van der Waals surface area contributed by atoms with Crippen molar-refractivity contribution in [2.75, 3.05) is 19.0 Å². The topological polar surface area (TPSA) is 77.8 Å². The van der Waals surface area contributed by atoms with E-state index in [2.05, 4.69) is 21.5 Å². The molecule has 2 heterocycles. The predicted molar refractivity (Wildman–Crippen MR) is 118 cm³/mol. The average Bonchev–Trinajstić information content (AvgIpc) is 3.29. The van der Waals surface area contributed by atoms with Gasteiger partial charge < -0.3 is 9.47 Å². The van der Waals surface area contributed by atoms with Crippen LogP contribution in [0.2, 0.25) is 0 Å². The van der Waals surface area contributed by atoms with Crippen molar-refractivity contribution in [2.24, 2.45) is 0 Å². The van der Waals surface area contributed by atoms with Crippen molar-refractivity contribution in [3.8, 4) is 22.8 Å². The molecule has 8 heteroatoms. The molecule has 0 radical (unpaired) electrons. The number of thiazole rings is 1. The van der Waals surface area contributed by atoms with Gasteiger partial charge in [-0.05, 0) is 67.8 Å². The number of benzene rings is 2. The molecule has 4 aromatic rings. The van der Waals surface area contributed by atoms with Crippen molar-refractivity contribution in [3.05, 3.63) is 58.5 Å². The van der Waals surface area contributed by atoms with Crippen LogP contribution in [-0.2, 0) is 4.79 Å². The molecule has 2 aromatic carbocycles. The normalized spacial score (nSPS) is 10.9. The van der Waals surface area contributed by atoms with Crippen molar-refractivity contribution >= 4 is 28.2 Å². The summed E-state index contributed by atoms with van der Waals surface area (Å²) in [5.41, 5.74) is 5.13. The lowest BCUT2D eigenvalue weighted by Gasteiger charge is -2.11. The Morgan fingerprint density at radius 2 is 1.93 bits per heavy atom. The monoisotopic (exact) mass is 422 g/mol. The molecule has 1 N–H and O–H groups in total. The van der Waals surface area contributed by atoms with E-state index < -0.39 is 0 Å². The third-order valence-electron chi connectivity index (χ3n) is 4.84. The molecule has 4 rings (SSSR count). The summed E-state index contributed by atoms with van der Waals surface area (Å²) in [5.74, 6) is 1.44. The molecule has 30 heavy (non-hydrogen) atoms. The first-order chi connectivity index (χ1) is 14.4. The molecule has 0 saturated heterocycles. The van der Waals surface area contributed by atoms with Crippen LogP contribution in [-0.4, -0.2) is 34.2 Å². The maximum Gasteiger partial charge on any atom is 0.264 e.